The van der Waals surface area contributed by atoms with Gasteiger partial charge in [0.25, 0.3) is 5.89 Å². The maximum absolute atomic E-state index is 11.2. The normalized spacial score (nSPS) is 22.1. The third kappa shape index (κ3) is 3.88. The van der Waals surface area contributed by atoms with E-state index in [2.05, 4.69) is 39.3 Å². The van der Waals surface area contributed by atoms with E-state index < -0.39 is 5.97 Å². The van der Waals surface area contributed by atoms with Crippen molar-refractivity contribution < 1.29 is 18.8 Å². The van der Waals surface area contributed by atoms with Gasteiger partial charge in [0, 0.05) is 36.7 Å². The molecule has 3 aliphatic rings. The Morgan fingerprint density at radius 1 is 1.03 bits per heavy atom. The van der Waals surface area contributed by atoms with Crippen molar-refractivity contribution in [2.75, 3.05) is 13.1 Å². The van der Waals surface area contributed by atoms with Gasteiger partial charge in [0.2, 0.25) is 5.82 Å². The van der Waals surface area contributed by atoms with Crippen molar-refractivity contribution in [3.63, 3.8) is 0 Å². The predicted molar refractivity (Wildman–Crippen MR) is 122 cm³/mol. The van der Waals surface area contributed by atoms with Crippen LogP contribution in [0.4, 0.5) is 0 Å². The smallest absolute Gasteiger partial charge is 0.309 e. The average molecular weight is 448 g/mol. The minimum Gasteiger partial charge on any atom is -0.481 e. The predicted octanol–water partition coefficient (Wildman–Crippen LogP) is 5.44. The highest BCUT2D eigenvalue weighted by Crippen LogP contribution is 2.41. The summed E-state index contributed by atoms with van der Waals surface area (Å²) in [5.41, 5.74) is 3.46. The van der Waals surface area contributed by atoms with E-state index in [0.717, 1.165) is 36.1 Å². The number of aliphatic carboxylic acids is 1. The molecule has 1 N–H and O–H groups in total. The number of rotatable bonds is 5. The number of carboxylic acids is 1. The summed E-state index contributed by atoms with van der Waals surface area (Å²) in [6.45, 7) is 1.20. The van der Waals surface area contributed by atoms with Gasteiger partial charge in [-0.25, -0.2) is 0 Å². The van der Waals surface area contributed by atoms with E-state index in [1.54, 1.807) is 0 Å². The highest BCUT2D eigenvalue weighted by atomic mass is 16.5. The van der Waals surface area contributed by atoms with Crippen molar-refractivity contribution in [3.8, 4) is 23.0 Å². The standard InChI is InChI=1S/C26H29N3O4/c30-26(31)19-14-29(15-19)21-7-4-8-22-20(21)13-23(32-22)24-27-25(33-28-24)18-11-9-17(10-12-18)16-5-2-1-3-6-16/h9-13,16,19,21H,1-8,14-15H2,(H,30,31). The van der Waals surface area contributed by atoms with Crippen LogP contribution in [-0.2, 0) is 11.2 Å². The second kappa shape index (κ2) is 8.45. The first-order valence-electron chi connectivity index (χ1n) is 12.2. The molecule has 1 saturated carbocycles. The van der Waals surface area contributed by atoms with Gasteiger partial charge in [-0.05, 0) is 55.4 Å². The number of likely N-dealkylation sites (tertiary alicyclic amines) is 1. The average Bonchev–Trinajstić information content (AvgIpc) is 3.46. The number of hydrogen-bond donors (Lipinski definition) is 1. The lowest BCUT2D eigenvalue weighted by Gasteiger charge is -2.43. The van der Waals surface area contributed by atoms with E-state index in [0.29, 0.717) is 36.5 Å². The zero-order valence-electron chi connectivity index (χ0n) is 18.7. The van der Waals surface area contributed by atoms with Crippen LogP contribution >= 0.6 is 0 Å². The van der Waals surface area contributed by atoms with Gasteiger partial charge in [0.05, 0.1) is 5.92 Å². The molecule has 2 aliphatic carbocycles. The van der Waals surface area contributed by atoms with Gasteiger partial charge in [0.15, 0.2) is 5.76 Å². The number of hydrogen-bond acceptors (Lipinski definition) is 6. The largest absolute Gasteiger partial charge is 0.481 e. The molecular formula is C26H29N3O4. The molecule has 7 heteroatoms. The number of benzene rings is 1. The Bertz CT molecular complexity index is 1140. The van der Waals surface area contributed by atoms with Crippen LogP contribution < -0.4 is 0 Å². The zero-order chi connectivity index (χ0) is 22.4. The zero-order valence-corrected chi connectivity index (χ0v) is 18.7. The van der Waals surface area contributed by atoms with E-state index >= 15 is 0 Å². The highest BCUT2D eigenvalue weighted by molar-refractivity contribution is 5.71. The fraction of sp³-hybridized carbons (Fsp3) is 0.500. The lowest BCUT2D eigenvalue weighted by Crippen LogP contribution is -2.52. The molecule has 0 bridgehead atoms. The molecule has 2 fully saturated rings. The molecule has 0 spiro atoms. The second-order valence-electron chi connectivity index (χ2n) is 9.77. The maximum atomic E-state index is 11.2. The van der Waals surface area contributed by atoms with E-state index in [1.165, 1.54) is 37.7 Å². The summed E-state index contributed by atoms with van der Waals surface area (Å²) in [4.78, 5) is 18.0. The molecule has 1 saturated heterocycles. The quantitative estimate of drug-likeness (QED) is 0.557. The number of furan rings is 1. The first kappa shape index (κ1) is 20.7. The summed E-state index contributed by atoms with van der Waals surface area (Å²) in [6.07, 6.45) is 9.50. The Labute approximate surface area is 192 Å². The Morgan fingerprint density at radius 3 is 2.58 bits per heavy atom. The van der Waals surface area contributed by atoms with Crippen LogP contribution in [-0.4, -0.2) is 39.2 Å². The lowest BCUT2D eigenvalue weighted by molar-refractivity contribution is -0.149. The Hall–Kier alpha value is -2.93. The molecule has 33 heavy (non-hydrogen) atoms. The first-order valence-corrected chi connectivity index (χ1v) is 12.2. The molecule has 1 aliphatic heterocycles. The number of fused-ring (bicyclic) bond motifs is 1. The maximum Gasteiger partial charge on any atom is 0.309 e. The van der Waals surface area contributed by atoms with Gasteiger partial charge in [-0.15, -0.1) is 0 Å². The molecule has 172 valence electrons. The number of nitrogens with zero attached hydrogens (tertiary/aromatic N) is 3. The molecule has 1 unspecified atom stereocenters. The van der Waals surface area contributed by atoms with Crippen LogP contribution in [0.1, 0.15) is 73.8 Å². The van der Waals surface area contributed by atoms with Gasteiger partial charge < -0.3 is 14.0 Å². The summed E-state index contributed by atoms with van der Waals surface area (Å²) in [5, 5.41) is 13.4. The second-order valence-corrected chi connectivity index (χ2v) is 9.77. The van der Waals surface area contributed by atoms with Crippen LogP contribution in [0.5, 0.6) is 0 Å². The SMILES string of the molecule is O=C(O)C1CN(C2CCCc3oc(-c4noc(-c5ccc(C6CCCCC6)cc5)n4)cc32)C1. The van der Waals surface area contributed by atoms with Crippen molar-refractivity contribution in [2.45, 2.75) is 63.3 Å². The number of carboxylic acid groups (broad SMARTS) is 1. The fourth-order valence-electron chi connectivity index (χ4n) is 5.72. The number of aromatic nitrogens is 2. The Kier molecular flexibility index (Phi) is 5.29. The van der Waals surface area contributed by atoms with Crippen molar-refractivity contribution in [3.05, 3.63) is 47.2 Å². The van der Waals surface area contributed by atoms with E-state index in [4.69, 9.17) is 8.94 Å². The van der Waals surface area contributed by atoms with Crippen LogP contribution in [0.25, 0.3) is 23.0 Å². The van der Waals surface area contributed by atoms with E-state index in [1.807, 2.05) is 6.07 Å². The van der Waals surface area contributed by atoms with Gasteiger partial charge in [-0.3, -0.25) is 9.69 Å². The molecule has 0 radical (unpaired) electrons. The van der Waals surface area contributed by atoms with Crippen molar-refractivity contribution >= 4 is 5.97 Å². The van der Waals surface area contributed by atoms with Crippen LogP contribution in [0.3, 0.4) is 0 Å². The van der Waals surface area contributed by atoms with Gasteiger partial charge in [0.1, 0.15) is 5.76 Å². The summed E-state index contributed by atoms with van der Waals surface area (Å²) < 4.78 is 11.7. The van der Waals surface area contributed by atoms with Gasteiger partial charge in [-0.2, -0.15) is 4.98 Å². The highest BCUT2D eigenvalue weighted by Gasteiger charge is 2.40. The van der Waals surface area contributed by atoms with Gasteiger partial charge >= 0.3 is 5.97 Å². The van der Waals surface area contributed by atoms with Crippen LogP contribution in [0, 0.1) is 5.92 Å². The fourth-order valence-corrected chi connectivity index (χ4v) is 5.72. The molecule has 2 aromatic heterocycles. The molecule has 3 heterocycles. The topological polar surface area (TPSA) is 92.6 Å². The van der Waals surface area contributed by atoms with Crippen molar-refractivity contribution in [2.24, 2.45) is 5.92 Å². The number of aryl methyl sites for hydroxylation is 1. The Balaban J connectivity index is 1.19. The lowest BCUT2D eigenvalue weighted by atomic mass is 9.84. The number of carbonyl (C=O) groups is 1. The summed E-state index contributed by atoms with van der Waals surface area (Å²) in [6, 6.07) is 10.8. The monoisotopic (exact) mass is 447 g/mol. The Morgan fingerprint density at radius 2 is 1.82 bits per heavy atom. The minimum absolute atomic E-state index is 0.209. The molecule has 7 nitrogen and oxygen atoms in total. The third-order valence-electron chi connectivity index (χ3n) is 7.66. The molecule has 6 rings (SSSR count). The van der Waals surface area contributed by atoms with Crippen molar-refractivity contribution in [1.82, 2.24) is 15.0 Å². The first-order chi connectivity index (χ1) is 16.2. The summed E-state index contributed by atoms with van der Waals surface area (Å²) in [7, 11) is 0. The third-order valence-corrected chi connectivity index (χ3v) is 7.66. The molecule has 1 atom stereocenters. The van der Waals surface area contributed by atoms with E-state index in [-0.39, 0.29) is 12.0 Å². The molecule has 0 amide bonds. The molecule has 1 aromatic carbocycles. The van der Waals surface area contributed by atoms with Crippen LogP contribution in [0.15, 0.2) is 39.3 Å². The van der Waals surface area contributed by atoms with Crippen LogP contribution in [0.2, 0.25) is 0 Å². The van der Waals surface area contributed by atoms with Crippen molar-refractivity contribution in [1.29, 1.82) is 0 Å². The minimum atomic E-state index is -0.707. The molecular weight excluding hydrogens is 418 g/mol. The van der Waals surface area contributed by atoms with Gasteiger partial charge in [-0.1, -0.05) is 36.6 Å². The summed E-state index contributed by atoms with van der Waals surface area (Å²) in [5.74, 6) is 2.25. The van der Waals surface area contributed by atoms with E-state index in [9.17, 15) is 9.90 Å². The molecule has 3 aromatic rings. The summed E-state index contributed by atoms with van der Waals surface area (Å²) >= 11 is 0.